The molecule has 1 aliphatic rings. The topological polar surface area (TPSA) is 114 Å². The molecule has 0 spiro atoms. The van der Waals surface area contributed by atoms with E-state index in [0.717, 1.165) is 33.3 Å². The number of rotatable bonds is 6. The molecular formula is C30H31N9O2. The molecule has 41 heavy (non-hydrogen) atoms. The molecule has 208 valence electrons. The van der Waals surface area contributed by atoms with Crippen molar-refractivity contribution in [2.45, 2.75) is 13.0 Å². The number of amides is 2. The van der Waals surface area contributed by atoms with Gasteiger partial charge in [0.15, 0.2) is 11.5 Å². The summed E-state index contributed by atoms with van der Waals surface area (Å²) in [6.07, 6.45) is 0. The van der Waals surface area contributed by atoms with Gasteiger partial charge in [-0.2, -0.15) is 9.90 Å². The molecule has 3 heterocycles. The van der Waals surface area contributed by atoms with Gasteiger partial charge in [0.25, 0.3) is 5.91 Å². The van der Waals surface area contributed by atoms with Gasteiger partial charge in [0.2, 0.25) is 5.91 Å². The normalized spacial score (nSPS) is 14.8. The Kier molecular flexibility index (Phi) is 7.02. The Morgan fingerprint density at radius 1 is 0.854 bits per heavy atom. The third-order valence-corrected chi connectivity index (χ3v) is 7.44. The summed E-state index contributed by atoms with van der Waals surface area (Å²) in [5.41, 5.74) is 5.13. The molecule has 11 nitrogen and oxygen atoms in total. The lowest BCUT2D eigenvalue weighted by Gasteiger charge is -2.38. The Morgan fingerprint density at radius 3 is 2.22 bits per heavy atom. The highest BCUT2D eigenvalue weighted by Crippen LogP contribution is 2.30. The second kappa shape index (κ2) is 10.9. The second-order valence-corrected chi connectivity index (χ2v) is 10.2. The van der Waals surface area contributed by atoms with Crippen molar-refractivity contribution in [3.8, 4) is 11.1 Å². The standard InChI is InChI=1S/C30H31N9O2/c1-20(40)31-24-12-9-21(10-13-24)23-11-14-26-25(19-23)27(33-36(26)2)30(41)39-17-15-38(16-18-39)28(22-7-5-4-6-8-22)29-32-35-37(3)34-29/h4-14,19,28H,15-18H2,1-3H3,(H,31,40). The molecule has 1 saturated heterocycles. The van der Waals surface area contributed by atoms with Gasteiger partial charge in [-0.1, -0.05) is 48.5 Å². The molecule has 1 aliphatic heterocycles. The molecular weight excluding hydrogens is 518 g/mol. The van der Waals surface area contributed by atoms with Crippen LogP contribution in [0.15, 0.2) is 72.8 Å². The maximum atomic E-state index is 13.8. The molecule has 1 N–H and O–H groups in total. The summed E-state index contributed by atoms with van der Waals surface area (Å²) in [6, 6.07) is 23.7. The third-order valence-electron chi connectivity index (χ3n) is 7.44. The van der Waals surface area contributed by atoms with Crippen molar-refractivity contribution >= 4 is 28.4 Å². The average Bonchev–Trinajstić information content (AvgIpc) is 3.56. The molecule has 11 heteroatoms. The zero-order valence-corrected chi connectivity index (χ0v) is 23.2. The highest BCUT2D eigenvalue weighted by atomic mass is 16.2. The van der Waals surface area contributed by atoms with Crippen LogP contribution in [0.3, 0.4) is 0 Å². The summed E-state index contributed by atoms with van der Waals surface area (Å²) >= 11 is 0. The van der Waals surface area contributed by atoms with E-state index >= 15 is 0 Å². The number of anilines is 1. The lowest BCUT2D eigenvalue weighted by molar-refractivity contribution is -0.114. The first kappa shape index (κ1) is 26.3. The molecule has 1 fully saturated rings. The number of tetrazole rings is 1. The van der Waals surface area contributed by atoms with Gasteiger partial charge >= 0.3 is 0 Å². The summed E-state index contributed by atoms with van der Waals surface area (Å²) in [5, 5.41) is 21.1. The van der Waals surface area contributed by atoms with Crippen molar-refractivity contribution in [1.82, 2.24) is 39.8 Å². The predicted molar refractivity (Wildman–Crippen MR) is 155 cm³/mol. The maximum Gasteiger partial charge on any atom is 0.275 e. The number of piperazine rings is 1. The van der Waals surface area contributed by atoms with Gasteiger partial charge in [-0.05, 0) is 46.2 Å². The van der Waals surface area contributed by atoms with Crippen LogP contribution in [0.2, 0.25) is 0 Å². The number of nitrogens with zero attached hydrogens (tertiary/aromatic N) is 8. The molecule has 1 atom stereocenters. The Hall–Kier alpha value is -4.90. The molecule has 2 aromatic heterocycles. The summed E-state index contributed by atoms with van der Waals surface area (Å²) in [4.78, 5) is 30.8. The number of carbonyl (C=O) groups excluding carboxylic acids is 2. The number of hydrogen-bond acceptors (Lipinski definition) is 7. The number of hydrogen-bond donors (Lipinski definition) is 1. The highest BCUT2D eigenvalue weighted by Gasteiger charge is 2.32. The molecule has 2 amide bonds. The third kappa shape index (κ3) is 5.31. The highest BCUT2D eigenvalue weighted by molar-refractivity contribution is 6.06. The van der Waals surface area contributed by atoms with Crippen molar-refractivity contribution in [3.05, 3.63) is 89.9 Å². The average molecular weight is 550 g/mol. The van der Waals surface area contributed by atoms with E-state index in [4.69, 9.17) is 0 Å². The summed E-state index contributed by atoms with van der Waals surface area (Å²) < 4.78 is 1.76. The summed E-state index contributed by atoms with van der Waals surface area (Å²) in [7, 11) is 3.62. The smallest absolute Gasteiger partial charge is 0.275 e. The number of fused-ring (bicyclic) bond motifs is 1. The lowest BCUT2D eigenvalue weighted by Crippen LogP contribution is -2.50. The number of aryl methyl sites for hydroxylation is 2. The van der Waals surface area contributed by atoms with Crippen LogP contribution in [0.5, 0.6) is 0 Å². The molecule has 5 aromatic rings. The van der Waals surface area contributed by atoms with E-state index in [9.17, 15) is 9.59 Å². The Labute approximate surface area is 237 Å². The van der Waals surface area contributed by atoms with Gasteiger partial charge in [0.05, 0.1) is 18.6 Å². The lowest BCUT2D eigenvalue weighted by atomic mass is 10.0. The van der Waals surface area contributed by atoms with Crippen molar-refractivity contribution in [2.24, 2.45) is 14.1 Å². The van der Waals surface area contributed by atoms with Crippen LogP contribution in [0.1, 0.15) is 34.8 Å². The Balaban J connectivity index is 1.22. The van der Waals surface area contributed by atoms with E-state index in [1.807, 2.05) is 72.6 Å². The van der Waals surface area contributed by atoms with Crippen LogP contribution >= 0.6 is 0 Å². The van der Waals surface area contributed by atoms with Crippen LogP contribution in [-0.4, -0.2) is 77.8 Å². The quantitative estimate of drug-likeness (QED) is 0.346. The fourth-order valence-corrected chi connectivity index (χ4v) is 5.45. The monoisotopic (exact) mass is 549 g/mol. The van der Waals surface area contributed by atoms with Crippen molar-refractivity contribution in [2.75, 3.05) is 31.5 Å². The van der Waals surface area contributed by atoms with Crippen molar-refractivity contribution in [1.29, 1.82) is 0 Å². The van der Waals surface area contributed by atoms with Crippen LogP contribution in [0, 0.1) is 0 Å². The molecule has 0 aliphatic carbocycles. The van der Waals surface area contributed by atoms with Gasteiger partial charge in [0, 0.05) is 51.2 Å². The molecule has 0 bridgehead atoms. The largest absolute Gasteiger partial charge is 0.335 e. The predicted octanol–water partition coefficient (Wildman–Crippen LogP) is 3.27. The minimum atomic E-state index is -0.141. The first-order valence-corrected chi connectivity index (χ1v) is 13.5. The summed E-state index contributed by atoms with van der Waals surface area (Å²) in [6.45, 7) is 3.94. The van der Waals surface area contributed by atoms with Crippen molar-refractivity contribution in [3.63, 3.8) is 0 Å². The number of carbonyl (C=O) groups is 2. The first-order chi connectivity index (χ1) is 19.9. The van der Waals surface area contributed by atoms with Gasteiger partial charge in [-0.15, -0.1) is 10.2 Å². The first-order valence-electron chi connectivity index (χ1n) is 13.5. The second-order valence-electron chi connectivity index (χ2n) is 10.2. The maximum absolute atomic E-state index is 13.8. The fraction of sp³-hybridized carbons (Fsp3) is 0.267. The minimum absolute atomic E-state index is 0.0812. The SMILES string of the molecule is CC(=O)Nc1ccc(-c2ccc3c(c2)c(C(=O)N2CCN(C(c4ccccc4)c4nnn(C)n4)CC2)nn3C)cc1. The van der Waals surface area contributed by atoms with Gasteiger partial charge in [-0.3, -0.25) is 19.2 Å². The zero-order chi connectivity index (χ0) is 28.5. The molecule has 1 unspecified atom stereocenters. The number of benzene rings is 3. The van der Waals surface area contributed by atoms with Gasteiger partial charge in [-0.25, -0.2) is 0 Å². The van der Waals surface area contributed by atoms with E-state index < -0.39 is 0 Å². The van der Waals surface area contributed by atoms with E-state index in [-0.39, 0.29) is 17.9 Å². The number of aromatic nitrogens is 6. The summed E-state index contributed by atoms with van der Waals surface area (Å²) in [5.74, 6) is 0.452. The van der Waals surface area contributed by atoms with Gasteiger partial charge in [0.1, 0.15) is 0 Å². The van der Waals surface area contributed by atoms with Crippen molar-refractivity contribution < 1.29 is 9.59 Å². The van der Waals surface area contributed by atoms with E-state index in [1.54, 1.807) is 11.7 Å². The Bertz CT molecular complexity index is 1700. The van der Waals surface area contributed by atoms with E-state index in [0.29, 0.717) is 37.7 Å². The fourth-order valence-electron chi connectivity index (χ4n) is 5.45. The molecule has 3 aromatic carbocycles. The number of nitrogens with one attached hydrogen (secondary N) is 1. The van der Waals surface area contributed by atoms with Crippen LogP contribution in [0.4, 0.5) is 5.69 Å². The zero-order valence-electron chi connectivity index (χ0n) is 23.2. The van der Waals surface area contributed by atoms with Crippen LogP contribution < -0.4 is 5.32 Å². The minimum Gasteiger partial charge on any atom is -0.335 e. The van der Waals surface area contributed by atoms with Crippen LogP contribution in [0.25, 0.3) is 22.0 Å². The Morgan fingerprint density at radius 2 is 1.56 bits per heavy atom. The van der Waals surface area contributed by atoms with E-state index in [2.05, 4.69) is 42.9 Å². The molecule has 0 radical (unpaired) electrons. The van der Waals surface area contributed by atoms with E-state index in [1.165, 1.54) is 11.7 Å². The van der Waals surface area contributed by atoms with Crippen LogP contribution in [-0.2, 0) is 18.9 Å². The van der Waals surface area contributed by atoms with Gasteiger partial charge < -0.3 is 10.2 Å². The molecule has 6 rings (SSSR count). The molecule has 0 saturated carbocycles.